The van der Waals surface area contributed by atoms with Crippen LogP contribution in [0.1, 0.15) is 37.7 Å². The van der Waals surface area contributed by atoms with Crippen molar-refractivity contribution < 1.29 is 14.3 Å². The number of Topliss-reactive ketones (excluding diaryl/α,β-unsaturated/α-hetero) is 1. The lowest BCUT2D eigenvalue weighted by molar-refractivity contribution is -0.145. The van der Waals surface area contributed by atoms with Crippen molar-refractivity contribution >= 4 is 11.8 Å². The predicted molar refractivity (Wildman–Crippen MR) is 65.7 cm³/mol. The number of esters is 1. The molecule has 92 valence electrons. The normalized spacial score (nSPS) is 11.9. The molecule has 0 saturated carbocycles. The van der Waals surface area contributed by atoms with Crippen LogP contribution >= 0.6 is 0 Å². The lowest BCUT2D eigenvalue weighted by Gasteiger charge is -2.13. The fourth-order valence-corrected chi connectivity index (χ4v) is 1.71. The Labute approximate surface area is 102 Å². The second-order valence-electron chi connectivity index (χ2n) is 3.94. The van der Waals surface area contributed by atoms with Crippen molar-refractivity contribution in [1.82, 2.24) is 0 Å². The van der Waals surface area contributed by atoms with Crippen molar-refractivity contribution in [3.63, 3.8) is 0 Å². The van der Waals surface area contributed by atoms with E-state index >= 15 is 0 Å². The number of ketones is 1. The molecule has 0 spiro atoms. The highest BCUT2D eigenvalue weighted by atomic mass is 16.5. The average Bonchev–Trinajstić information content (AvgIpc) is 2.37. The molecule has 1 atom stereocenters. The SMILES string of the molecule is CCCCC(=O)[C@@H](C(=O)OC)c1ccccc1. The molecule has 1 rings (SSSR count). The molecule has 0 aliphatic rings. The van der Waals surface area contributed by atoms with E-state index in [2.05, 4.69) is 0 Å². The molecular weight excluding hydrogens is 216 g/mol. The molecule has 0 aliphatic heterocycles. The van der Waals surface area contributed by atoms with Crippen LogP contribution in [-0.2, 0) is 14.3 Å². The molecule has 17 heavy (non-hydrogen) atoms. The maximum Gasteiger partial charge on any atom is 0.320 e. The third-order valence-electron chi connectivity index (χ3n) is 2.67. The van der Waals surface area contributed by atoms with E-state index in [9.17, 15) is 9.59 Å². The smallest absolute Gasteiger partial charge is 0.320 e. The Hall–Kier alpha value is -1.64. The van der Waals surface area contributed by atoms with Crippen LogP contribution in [0.5, 0.6) is 0 Å². The molecule has 0 saturated heterocycles. The molecule has 3 heteroatoms. The Morgan fingerprint density at radius 1 is 1.24 bits per heavy atom. The monoisotopic (exact) mass is 234 g/mol. The first-order valence-corrected chi connectivity index (χ1v) is 5.86. The van der Waals surface area contributed by atoms with Gasteiger partial charge in [0.1, 0.15) is 5.92 Å². The highest BCUT2D eigenvalue weighted by Gasteiger charge is 2.28. The Morgan fingerprint density at radius 2 is 1.88 bits per heavy atom. The minimum Gasteiger partial charge on any atom is -0.468 e. The fraction of sp³-hybridized carbons (Fsp3) is 0.429. The van der Waals surface area contributed by atoms with Crippen molar-refractivity contribution in [2.45, 2.75) is 32.1 Å². The predicted octanol–water partition coefficient (Wildman–Crippen LogP) is 2.70. The van der Waals surface area contributed by atoms with Gasteiger partial charge in [0.25, 0.3) is 0 Å². The molecule has 1 aromatic carbocycles. The van der Waals surface area contributed by atoms with Crippen LogP contribution in [0.3, 0.4) is 0 Å². The first-order valence-electron chi connectivity index (χ1n) is 5.86. The van der Waals surface area contributed by atoms with Gasteiger partial charge in [-0.15, -0.1) is 0 Å². The summed E-state index contributed by atoms with van der Waals surface area (Å²) in [7, 11) is 1.31. The molecule has 0 aromatic heterocycles. The van der Waals surface area contributed by atoms with E-state index in [4.69, 9.17) is 4.74 Å². The second kappa shape index (κ2) is 6.84. The van der Waals surface area contributed by atoms with Gasteiger partial charge in [-0.05, 0) is 12.0 Å². The highest BCUT2D eigenvalue weighted by Crippen LogP contribution is 2.20. The molecule has 0 bridgehead atoms. The number of hydrogen-bond donors (Lipinski definition) is 0. The largest absolute Gasteiger partial charge is 0.468 e. The van der Waals surface area contributed by atoms with Gasteiger partial charge in [-0.25, -0.2) is 0 Å². The Morgan fingerprint density at radius 3 is 2.41 bits per heavy atom. The average molecular weight is 234 g/mol. The van der Waals surface area contributed by atoms with Crippen LogP contribution in [0.2, 0.25) is 0 Å². The van der Waals surface area contributed by atoms with E-state index in [1.165, 1.54) is 7.11 Å². The molecule has 0 heterocycles. The van der Waals surface area contributed by atoms with Gasteiger partial charge < -0.3 is 4.74 Å². The zero-order valence-corrected chi connectivity index (χ0v) is 10.3. The number of carbonyl (C=O) groups is 2. The molecular formula is C14H18O3. The maximum absolute atomic E-state index is 12.0. The summed E-state index contributed by atoms with van der Waals surface area (Å²) in [6, 6.07) is 9.06. The van der Waals surface area contributed by atoms with Gasteiger partial charge in [0, 0.05) is 6.42 Å². The Bertz CT molecular complexity index is 370. The van der Waals surface area contributed by atoms with Crippen molar-refractivity contribution in [3.05, 3.63) is 35.9 Å². The van der Waals surface area contributed by atoms with Crippen molar-refractivity contribution in [3.8, 4) is 0 Å². The van der Waals surface area contributed by atoms with Gasteiger partial charge in [-0.1, -0.05) is 43.7 Å². The lowest BCUT2D eigenvalue weighted by atomic mass is 9.92. The zero-order chi connectivity index (χ0) is 12.7. The van der Waals surface area contributed by atoms with Gasteiger partial charge in [0.05, 0.1) is 7.11 Å². The summed E-state index contributed by atoms with van der Waals surface area (Å²) in [4.78, 5) is 23.7. The molecule has 0 amide bonds. The summed E-state index contributed by atoms with van der Waals surface area (Å²) >= 11 is 0. The maximum atomic E-state index is 12.0. The van der Waals surface area contributed by atoms with Gasteiger partial charge in [0.15, 0.2) is 5.78 Å². The van der Waals surface area contributed by atoms with E-state index in [0.717, 1.165) is 12.8 Å². The molecule has 0 unspecified atom stereocenters. The number of rotatable bonds is 6. The minimum absolute atomic E-state index is 0.0649. The van der Waals surface area contributed by atoms with Crippen molar-refractivity contribution in [2.75, 3.05) is 7.11 Å². The van der Waals surface area contributed by atoms with Crippen molar-refractivity contribution in [2.24, 2.45) is 0 Å². The van der Waals surface area contributed by atoms with Crippen LogP contribution in [0.25, 0.3) is 0 Å². The van der Waals surface area contributed by atoms with Gasteiger partial charge >= 0.3 is 5.97 Å². The van der Waals surface area contributed by atoms with E-state index < -0.39 is 11.9 Å². The first-order chi connectivity index (χ1) is 8.20. The molecule has 3 nitrogen and oxygen atoms in total. The highest BCUT2D eigenvalue weighted by molar-refractivity contribution is 6.04. The van der Waals surface area contributed by atoms with Gasteiger partial charge in [0.2, 0.25) is 0 Å². The van der Waals surface area contributed by atoms with Crippen molar-refractivity contribution in [1.29, 1.82) is 0 Å². The fourth-order valence-electron chi connectivity index (χ4n) is 1.71. The van der Waals surface area contributed by atoms with Crippen LogP contribution in [-0.4, -0.2) is 18.9 Å². The van der Waals surface area contributed by atoms with Crippen LogP contribution < -0.4 is 0 Å². The number of hydrogen-bond acceptors (Lipinski definition) is 3. The Balaban J connectivity index is 2.89. The molecule has 0 aliphatic carbocycles. The van der Waals surface area contributed by atoms with Crippen LogP contribution in [0.15, 0.2) is 30.3 Å². The van der Waals surface area contributed by atoms with Gasteiger partial charge in [-0.3, -0.25) is 9.59 Å². The number of ether oxygens (including phenoxy) is 1. The standard InChI is InChI=1S/C14H18O3/c1-3-4-10-12(15)13(14(16)17-2)11-8-6-5-7-9-11/h5-9,13H,3-4,10H2,1-2H3/t13-/m0/s1. The number of methoxy groups -OCH3 is 1. The van der Waals surface area contributed by atoms with E-state index in [0.29, 0.717) is 12.0 Å². The van der Waals surface area contributed by atoms with Crippen LogP contribution in [0.4, 0.5) is 0 Å². The summed E-state index contributed by atoms with van der Waals surface area (Å²) in [6.45, 7) is 2.02. The zero-order valence-electron chi connectivity index (χ0n) is 10.3. The number of benzene rings is 1. The molecule has 0 N–H and O–H groups in total. The second-order valence-corrected chi connectivity index (χ2v) is 3.94. The third-order valence-corrected chi connectivity index (χ3v) is 2.67. The number of unbranched alkanes of at least 4 members (excludes halogenated alkanes) is 1. The van der Waals surface area contributed by atoms with E-state index in [1.807, 2.05) is 25.1 Å². The summed E-state index contributed by atoms with van der Waals surface area (Å²) < 4.78 is 4.71. The molecule has 0 fully saturated rings. The summed E-state index contributed by atoms with van der Waals surface area (Å²) in [5.41, 5.74) is 0.709. The van der Waals surface area contributed by atoms with E-state index in [1.54, 1.807) is 12.1 Å². The first kappa shape index (κ1) is 13.4. The molecule has 1 aromatic rings. The summed E-state index contributed by atoms with van der Waals surface area (Å²) in [5.74, 6) is -1.31. The summed E-state index contributed by atoms with van der Waals surface area (Å²) in [6.07, 6.45) is 2.17. The topological polar surface area (TPSA) is 43.4 Å². The number of carbonyl (C=O) groups excluding carboxylic acids is 2. The van der Waals surface area contributed by atoms with Gasteiger partial charge in [-0.2, -0.15) is 0 Å². The summed E-state index contributed by atoms with van der Waals surface area (Å²) in [5, 5.41) is 0. The van der Waals surface area contributed by atoms with E-state index in [-0.39, 0.29) is 5.78 Å². The molecule has 0 radical (unpaired) electrons. The minimum atomic E-state index is -0.771. The lowest BCUT2D eigenvalue weighted by Crippen LogP contribution is -2.23. The quantitative estimate of drug-likeness (QED) is 0.561. The third kappa shape index (κ3) is 3.70. The van der Waals surface area contributed by atoms with Crippen LogP contribution in [0, 0.1) is 0 Å². The Kier molecular flexibility index (Phi) is 5.40.